The fraction of sp³-hybridized carbons (Fsp3) is 0.235. The van der Waals surface area contributed by atoms with Crippen molar-refractivity contribution in [2.24, 2.45) is 4.99 Å². The fourth-order valence-electron chi connectivity index (χ4n) is 3.68. The first-order valence-corrected chi connectivity index (χ1v) is 10.3. The van der Waals surface area contributed by atoms with Crippen molar-refractivity contribution in [2.45, 2.75) is 25.3 Å². The van der Waals surface area contributed by atoms with Crippen molar-refractivity contribution in [2.75, 3.05) is 0 Å². The van der Waals surface area contributed by atoms with Crippen LogP contribution in [0.4, 0.5) is 4.39 Å². The van der Waals surface area contributed by atoms with Gasteiger partial charge in [-0.3, -0.25) is 23.9 Å². The molecule has 2 atom stereocenters. The van der Waals surface area contributed by atoms with Crippen LogP contribution in [-0.2, 0) is 20.8 Å². The molecule has 0 aromatic heterocycles. The number of nitrogens with zero attached hydrogens (tertiary/aromatic N) is 2. The predicted octanol–water partition coefficient (Wildman–Crippen LogP) is 1.76. The Kier molecular flexibility index (Phi) is 3.73. The van der Waals surface area contributed by atoms with Gasteiger partial charge in [-0.05, 0) is 42.3 Å². The molecule has 1 aliphatic carbocycles. The van der Waals surface area contributed by atoms with Crippen molar-refractivity contribution in [1.82, 2.24) is 14.3 Å². The van der Waals surface area contributed by atoms with Gasteiger partial charge in [0.05, 0.1) is 11.7 Å². The van der Waals surface area contributed by atoms with Crippen LogP contribution in [-0.4, -0.2) is 26.0 Å². The van der Waals surface area contributed by atoms with Gasteiger partial charge >= 0.3 is 0 Å². The Morgan fingerprint density at radius 2 is 1.96 bits per heavy atom. The summed E-state index contributed by atoms with van der Waals surface area (Å²) >= 11 is -0.594. The van der Waals surface area contributed by atoms with Gasteiger partial charge in [0.25, 0.3) is 5.91 Å². The molecule has 1 amide bonds. The molecule has 1 aromatic rings. The van der Waals surface area contributed by atoms with Crippen LogP contribution in [0.1, 0.15) is 30.9 Å². The van der Waals surface area contributed by atoms with Crippen molar-refractivity contribution < 1.29 is 18.2 Å². The molecule has 27 heavy (non-hydrogen) atoms. The highest BCUT2D eigenvalue weighted by Gasteiger charge is 2.47. The van der Waals surface area contributed by atoms with Crippen LogP contribution in [0.3, 0.4) is 0 Å². The molecule has 138 valence electrons. The minimum atomic E-state index is -1.77. The lowest BCUT2D eigenvalue weighted by Crippen LogP contribution is -2.46. The number of aliphatic imine (C=N–C) groups is 1. The lowest BCUT2D eigenvalue weighted by molar-refractivity contribution is -0.116. The molecule has 1 aromatic carbocycles. The highest BCUT2D eigenvalue weighted by molar-refractivity contribution is 8.18. The smallest absolute Gasteiger partial charge is 0.274 e. The molecule has 2 unspecified atom stereocenters. The van der Waals surface area contributed by atoms with Crippen molar-refractivity contribution in [3.05, 3.63) is 57.6 Å². The summed E-state index contributed by atoms with van der Waals surface area (Å²) in [5.41, 5.74) is 1.98. The lowest BCUT2D eigenvalue weighted by atomic mass is 9.85. The molecule has 4 aliphatic rings. The van der Waals surface area contributed by atoms with Crippen LogP contribution in [0.5, 0.6) is 0 Å². The first-order chi connectivity index (χ1) is 13.0. The molecule has 7 nitrogen and oxygen atoms in total. The van der Waals surface area contributed by atoms with E-state index in [0.717, 1.165) is 6.42 Å². The third kappa shape index (κ3) is 2.54. The van der Waals surface area contributed by atoms with Gasteiger partial charge in [-0.15, -0.1) is 0 Å². The highest BCUT2D eigenvalue weighted by Crippen LogP contribution is 2.48. The second-order valence-electron chi connectivity index (χ2n) is 6.44. The largest absolute Gasteiger partial charge is 0.294 e. The molecular formula is C17H13FN4O3S2. The lowest BCUT2D eigenvalue weighted by Gasteiger charge is -2.38. The van der Waals surface area contributed by atoms with Gasteiger partial charge in [-0.1, -0.05) is 12.1 Å². The van der Waals surface area contributed by atoms with Crippen LogP contribution < -0.4 is 9.44 Å². The first-order valence-electron chi connectivity index (χ1n) is 8.34. The van der Waals surface area contributed by atoms with Gasteiger partial charge in [-0.25, -0.2) is 13.6 Å². The van der Waals surface area contributed by atoms with Crippen molar-refractivity contribution in [3.8, 4) is 0 Å². The average Bonchev–Trinajstić information content (AvgIpc) is 3.00. The minimum Gasteiger partial charge on any atom is -0.294 e. The Balaban J connectivity index is 1.70. The van der Waals surface area contributed by atoms with E-state index in [1.54, 1.807) is 17.0 Å². The zero-order valence-electron chi connectivity index (χ0n) is 13.8. The molecule has 0 saturated heterocycles. The summed E-state index contributed by atoms with van der Waals surface area (Å²) in [6, 6.07) is 5.38. The van der Waals surface area contributed by atoms with Crippen LogP contribution in [0, 0.1) is 5.82 Å². The zero-order chi connectivity index (χ0) is 18.7. The Morgan fingerprint density at radius 3 is 2.74 bits per heavy atom. The zero-order valence-corrected chi connectivity index (χ0v) is 15.5. The standard InChI is InChI=1S/C17H13FN4O3S2/c18-9-6-4-8(5-7-9)13-12-10(2-1-3-11(12)23)19-17-22(13)15-14(26-17)16(24)21-27(25)20-15/h4-7,13,20H,1-3H2,(H,21,24). The summed E-state index contributed by atoms with van der Waals surface area (Å²) in [5.74, 6) is -0.472. The van der Waals surface area contributed by atoms with E-state index in [4.69, 9.17) is 0 Å². The number of Topliss-reactive ketones (excluding diaryl/α,β-unsaturated/α-hetero) is 1. The predicted molar refractivity (Wildman–Crippen MR) is 98.3 cm³/mol. The second kappa shape index (κ2) is 6.03. The minimum absolute atomic E-state index is 0.00573. The summed E-state index contributed by atoms with van der Waals surface area (Å²) in [5, 5.41) is 0.546. The number of nitrogens with one attached hydrogen (secondary N) is 2. The summed E-state index contributed by atoms with van der Waals surface area (Å²) < 4.78 is 30.5. The normalized spacial score (nSPS) is 26.9. The quantitative estimate of drug-likeness (QED) is 0.744. The van der Waals surface area contributed by atoms with E-state index >= 15 is 0 Å². The molecule has 3 heterocycles. The number of carbonyl (C=O) groups excluding carboxylic acids is 2. The van der Waals surface area contributed by atoms with Gasteiger partial charge in [-0.2, -0.15) is 0 Å². The van der Waals surface area contributed by atoms with Gasteiger partial charge in [0.15, 0.2) is 11.0 Å². The van der Waals surface area contributed by atoms with Crippen molar-refractivity contribution in [1.29, 1.82) is 0 Å². The number of carbonyl (C=O) groups is 2. The van der Waals surface area contributed by atoms with E-state index in [1.165, 1.54) is 23.9 Å². The number of amides is 1. The molecule has 0 saturated carbocycles. The van der Waals surface area contributed by atoms with E-state index in [9.17, 15) is 18.2 Å². The number of thioether (sulfide) groups is 1. The number of benzene rings is 1. The maximum Gasteiger partial charge on any atom is 0.274 e. The Bertz CT molecular complexity index is 1020. The molecule has 5 rings (SSSR count). The van der Waals surface area contributed by atoms with E-state index in [0.29, 0.717) is 45.6 Å². The number of fused-ring (bicyclic) bond motifs is 2. The van der Waals surface area contributed by atoms with Crippen LogP contribution in [0.25, 0.3) is 0 Å². The third-order valence-electron chi connectivity index (χ3n) is 4.81. The van der Waals surface area contributed by atoms with Crippen LogP contribution in [0.2, 0.25) is 0 Å². The topological polar surface area (TPSA) is 90.9 Å². The summed E-state index contributed by atoms with van der Waals surface area (Å²) in [4.78, 5) is 31.7. The first kappa shape index (κ1) is 16.7. The van der Waals surface area contributed by atoms with Crippen molar-refractivity contribution in [3.63, 3.8) is 0 Å². The van der Waals surface area contributed by atoms with Gasteiger partial charge in [0, 0.05) is 12.0 Å². The molecule has 0 spiro atoms. The van der Waals surface area contributed by atoms with Crippen LogP contribution in [0.15, 0.2) is 51.3 Å². The number of amidine groups is 1. The third-order valence-corrected chi connectivity index (χ3v) is 6.62. The number of hydrogen-bond donors (Lipinski definition) is 2. The summed E-state index contributed by atoms with van der Waals surface area (Å²) in [7, 11) is 0. The Labute approximate surface area is 160 Å². The maximum absolute atomic E-state index is 13.5. The molecule has 2 N–H and O–H groups in total. The maximum atomic E-state index is 13.5. The van der Waals surface area contributed by atoms with E-state index in [-0.39, 0.29) is 11.6 Å². The highest BCUT2D eigenvalue weighted by atomic mass is 32.2. The number of ketones is 1. The summed E-state index contributed by atoms with van der Waals surface area (Å²) in [6.45, 7) is 0. The number of allylic oxidation sites excluding steroid dienone is 1. The Hall–Kier alpha value is -2.46. The van der Waals surface area contributed by atoms with Crippen LogP contribution >= 0.6 is 11.8 Å². The molecule has 10 heteroatoms. The molecule has 0 bridgehead atoms. The molecule has 0 radical (unpaired) electrons. The molecule has 3 aliphatic heterocycles. The van der Waals surface area contributed by atoms with Crippen molar-refractivity contribution >= 4 is 39.8 Å². The Morgan fingerprint density at radius 1 is 1.19 bits per heavy atom. The van der Waals surface area contributed by atoms with Gasteiger partial charge < -0.3 is 0 Å². The average molecular weight is 404 g/mol. The van der Waals surface area contributed by atoms with Gasteiger partial charge in [0.1, 0.15) is 16.5 Å². The van der Waals surface area contributed by atoms with E-state index < -0.39 is 23.1 Å². The number of rotatable bonds is 1. The molecule has 0 fully saturated rings. The van der Waals surface area contributed by atoms with E-state index in [1.807, 2.05) is 0 Å². The summed E-state index contributed by atoms with van der Waals surface area (Å²) in [6.07, 6.45) is 1.83. The fourth-order valence-corrected chi connectivity index (χ4v) is 5.53. The monoisotopic (exact) mass is 404 g/mol. The van der Waals surface area contributed by atoms with E-state index in [2.05, 4.69) is 14.4 Å². The number of halogens is 1. The SMILES string of the molecule is O=C1CCCC2=C1C(c1ccc(F)cc1)N1C(=N2)SC2=C1NS(=O)NC2=O. The van der Waals surface area contributed by atoms with Gasteiger partial charge in [0.2, 0.25) is 11.2 Å². The second-order valence-corrected chi connectivity index (χ2v) is 8.36. The number of hydrogen-bond acceptors (Lipinski definition) is 6. The molecular weight excluding hydrogens is 391 g/mol.